The molecule has 168 valence electrons. The number of nitrogens with zero attached hydrogens (tertiary/aromatic N) is 2. The van der Waals surface area contributed by atoms with Crippen molar-refractivity contribution >= 4 is 23.5 Å². The van der Waals surface area contributed by atoms with Crippen LogP contribution in [0.4, 0.5) is 14.9 Å². The van der Waals surface area contributed by atoms with E-state index in [9.17, 15) is 9.18 Å². The second-order valence-corrected chi connectivity index (χ2v) is 8.63. The van der Waals surface area contributed by atoms with Crippen molar-refractivity contribution in [1.29, 1.82) is 0 Å². The number of hydrogen-bond acceptors (Lipinski definition) is 2. The van der Waals surface area contributed by atoms with Gasteiger partial charge in [-0.3, -0.25) is 0 Å². The number of halogens is 1. The third kappa shape index (κ3) is 6.26. The van der Waals surface area contributed by atoms with Crippen molar-refractivity contribution in [2.24, 2.45) is 0 Å². The Morgan fingerprint density at radius 2 is 1.61 bits per heavy atom. The van der Waals surface area contributed by atoms with E-state index in [2.05, 4.69) is 9.88 Å². The Balaban J connectivity index is 1.53. The molecular formula is C27H26FN3OS. The van der Waals surface area contributed by atoms with Crippen LogP contribution < -0.4 is 5.32 Å². The van der Waals surface area contributed by atoms with E-state index in [0.29, 0.717) is 19.6 Å². The van der Waals surface area contributed by atoms with Gasteiger partial charge in [0.2, 0.25) is 0 Å². The van der Waals surface area contributed by atoms with Gasteiger partial charge in [0.05, 0.1) is 6.54 Å². The lowest BCUT2D eigenvalue weighted by atomic mass is 10.2. The minimum atomic E-state index is -0.247. The number of benzene rings is 3. The van der Waals surface area contributed by atoms with Crippen molar-refractivity contribution in [2.75, 3.05) is 11.6 Å². The highest BCUT2D eigenvalue weighted by Crippen LogP contribution is 2.19. The first-order valence-electron chi connectivity index (χ1n) is 10.7. The van der Waals surface area contributed by atoms with Crippen LogP contribution in [0.25, 0.3) is 0 Å². The highest BCUT2D eigenvalue weighted by atomic mass is 32.2. The summed E-state index contributed by atoms with van der Waals surface area (Å²) in [6.07, 6.45) is 4.01. The SMILES string of the molecule is CSc1ccc(NC(=O)N(Cc2ccccc2)Cc2cccn2Cc2ccc(F)cc2)cc1. The molecule has 2 amide bonds. The molecule has 0 radical (unpaired) electrons. The van der Waals surface area contributed by atoms with Crippen molar-refractivity contribution in [3.63, 3.8) is 0 Å². The Kier molecular flexibility index (Phi) is 7.47. The maximum Gasteiger partial charge on any atom is 0.322 e. The lowest BCUT2D eigenvalue weighted by molar-refractivity contribution is 0.205. The van der Waals surface area contributed by atoms with E-state index in [4.69, 9.17) is 0 Å². The topological polar surface area (TPSA) is 37.3 Å². The van der Waals surface area contributed by atoms with E-state index in [1.165, 1.54) is 12.1 Å². The Morgan fingerprint density at radius 1 is 0.879 bits per heavy atom. The molecule has 4 aromatic rings. The van der Waals surface area contributed by atoms with E-state index < -0.39 is 0 Å². The molecule has 0 spiro atoms. The average molecular weight is 460 g/mol. The first-order valence-corrected chi connectivity index (χ1v) is 12.0. The first kappa shape index (κ1) is 22.7. The van der Waals surface area contributed by atoms with Crippen LogP contribution in [0.1, 0.15) is 16.8 Å². The largest absolute Gasteiger partial charge is 0.345 e. The number of nitrogens with one attached hydrogen (secondary N) is 1. The summed E-state index contributed by atoms with van der Waals surface area (Å²) in [7, 11) is 0. The molecule has 0 bridgehead atoms. The molecule has 6 heteroatoms. The minimum absolute atomic E-state index is 0.162. The summed E-state index contributed by atoms with van der Waals surface area (Å²) in [5.41, 5.74) is 3.82. The Labute approximate surface area is 198 Å². The zero-order valence-electron chi connectivity index (χ0n) is 18.4. The van der Waals surface area contributed by atoms with Crippen molar-refractivity contribution in [3.8, 4) is 0 Å². The van der Waals surface area contributed by atoms with E-state index in [1.54, 1.807) is 28.8 Å². The number of amides is 2. The minimum Gasteiger partial charge on any atom is -0.345 e. The molecule has 0 aliphatic rings. The fourth-order valence-electron chi connectivity index (χ4n) is 3.61. The number of thioether (sulfide) groups is 1. The molecule has 33 heavy (non-hydrogen) atoms. The Bertz CT molecular complexity index is 1170. The van der Waals surface area contributed by atoms with Gasteiger partial charge in [-0.25, -0.2) is 9.18 Å². The highest BCUT2D eigenvalue weighted by Gasteiger charge is 2.17. The zero-order valence-corrected chi connectivity index (χ0v) is 19.3. The predicted molar refractivity (Wildman–Crippen MR) is 133 cm³/mol. The Hall–Kier alpha value is -3.51. The number of aromatic nitrogens is 1. The maximum absolute atomic E-state index is 13.3. The zero-order chi connectivity index (χ0) is 23.0. The number of hydrogen-bond donors (Lipinski definition) is 1. The molecule has 0 saturated carbocycles. The highest BCUT2D eigenvalue weighted by molar-refractivity contribution is 7.98. The maximum atomic E-state index is 13.3. The normalized spacial score (nSPS) is 10.7. The Morgan fingerprint density at radius 3 is 2.30 bits per heavy atom. The number of carbonyl (C=O) groups excluding carboxylic acids is 1. The van der Waals surface area contributed by atoms with Crippen LogP contribution in [-0.4, -0.2) is 21.8 Å². The van der Waals surface area contributed by atoms with Crippen molar-refractivity contribution in [1.82, 2.24) is 9.47 Å². The molecule has 0 atom stereocenters. The lowest BCUT2D eigenvalue weighted by Gasteiger charge is -2.24. The quantitative estimate of drug-likeness (QED) is 0.300. The van der Waals surface area contributed by atoms with Crippen LogP contribution in [0.5, 0.6) is 0 Å². The summed E-state index contributed by atoms with van der Waals surface area (Å²) in [6.45, 7) is 1.54. The predicted octanol–water partition coefficient (Wildman–Crippen LogP) is 6.63. The van der Waals surface area contributed by atoms with Gasteiger partial charge in [0.1, 0.15) is 5.82 Å². The summed E-state index contributed by atoms with van der Waals surface area (Å²) < 4.78 is 15.4. The summed E-state index contributed by atoms with van der Waals surface area (Å²) in [4.78, 5) is 16.2. The molecule has 4 rings (SSSR count). The standard InChI is InChI=1S/C27H26FN3OS/c1-33-26-15-13-24(14-16-26)29-27(32)31(19-21-6-3-2-4-7-21)20-25-8-5-17-30(25)18-22-9-11-23(28)12-10-22/h2-17H,18-20H2,1H3,(H,29,32). The van der Waals surface area contributed by atoms with Crippen molar-refractivity contribution < 1.29 is 9.18 Å². The van der Waals surface area contributed by atoms with Gasteiger partial charge in [-0.05, 0) is 65.9 Å². The summed E-state index contributed by atoms with van der Waals surface area (Å²) in [5.74, 6) is -0.247. The molecule has 0 saturated heterocycles. The van der Waals surface area contributed by atoms with Gasteiger partial charge in [0, 0.05) is 35.6 Å². The number of rotatable bonds is 8. The van der Waals surface area contributed by atoms with Crippen LogP contribution in [0.15, 0.2) is 102 Å². The molecule has 0 aliphatic carbocycles. The van der Waals surface area contributed by atoms with E-state index >= 15 is 0 Å². The summed E-state index contributed by atoms with van der Waals surface area (Å²) >= 11 is 1.66. The van der Waals surface area contributed by atoms with E-state index in [0.717, 1.165) is 27.4 Å². The monoisotopic (exact) mass is 459 g/mol. The number of carbonyl (C=O) groups is 1. The third-order valence-electron chi connectivity index (χ3n) is 5.39. The van der Waals surface area contributed by atoms with E-state index in [1.807, 2.05) is 79.2 Å². The van der Waals surface area contributed by atoms with E-state index in [-0.39, 0.29) is 11.8 Å². The van der Waals surface area contributed by atoms with Crippen LogP contribution >= 0.6 is 11.8 Å². The number of anilines is 1. The molecule has 1 aromatic heterocycles. The second-order valence-electron chi connectivity index (χ2n) is 7.75. The van der Waals surface area contributed by atoms with Gasteiger partial charge in [0.15, 0.2) is 0 Å². The van der Waals surface area contributed by atoms with Crippen molar-refractivity contribution in [2.45, 2.75) is 24.5 Å². The van der Waals surface area contributed by atoms with Gasteiger partial charge < -0.3 is 14.8 Å². The fourth-order valence-corrected chi connectivity index (χ4v) is 4.02. The molecular weight excluding hydrogens is 433 g/mol. The van der Waals surface area contributed by atoms with Crippen molar-refractivity contribution in [3.05, 3.63) is 120 Å². The van der Waals surface area contributed by atoms with Crippen LogP contribution in [-0.2, 0) is 19.6 Å². The smallest absolute Gasteiger partial charge is 0.322 e. The molecule has 1 N–H and O–H groups in total. The average Bonchev–Trinajstić information content (AvgIpc) is 3.27. The molecule has 0 aliphatic heterocycles. The summed E-state index contributed by atoms with van der Waals surface area (Å²) in [6, 6.07) is 28.1. The second kappa shape index (κ2) is 10.9. The first-order chi connectivity index (χ1) is 16.1. The summed E-state index contributed by atoms with van der Waals surface area (Å²) in [5, 5.41) is 3.03. The van der Waals surface area contributed by atoms with Gasteiger partial charge in [0.25, 0.3) is 0 Å². The van der Waals surface area contributed by atoms with Gasteiger partial charge in [-0.15, -0.1) is 11.8 Å². The molecule has 3 aromatic carbocycles. The molecule has 4 nitrogen and oxygen atoms in total. The van der Waals surface area contributed by atoms with Gasteiger partial charge in [-0.1, -0.05) is 42.5 Å². The molecule has 1 heterocycles. The molecule has 0 unspecified atom stereocenters. The lowest BCUT2D eigenvalue weighted by Crippen LogP contribution is -2.34. The van der Waals surface area contributed by atoms with Gasteiger partial charge >= 0.3 is 6.03 Å². The van der Waals surface area contributed by atoms with Crippen LogP contribution in [0.2, 0.25) is 0 Å². The number of urea groups is 1. The van der Waals surface area contributed by atoms with Crippen LogP contribution in [0.3, 0.4) is 0 Å². The van der Waals surface area contributed by atoms with Gasteiger partial charge in [-0.2, -0.15) is 0 Å². The fraction of sp³-hybridized carbons (Fsp3) is 0.148. The van der Waals surface area contributed by atoms with Crippen LogP contribution in [0, 0.1) is 5.82 Å². The third-order valence-corrected chi connectivity index (χ3v) is 6.13. The molecule has 0 fully saturated rings.